The van der Waals surface area contributed by atoms with Crippen LogP contribution in [0, 0.1) is 0 Å². The molecule has 5 nitrogen and oxygen atoms in total. The zero-order valence-electron chi connectivity index (χ0n) is 7.95. The van der Waals surface area contributed by atoms with Crippen molar-refractivity contribution < 1.29 is 19.4 Å². The molecule has 0 radical (unpaired) electrons. The Bertz CT molecular complexity index is 181. The third-order valence-corrected chi connectivity index (χ3v) is 1.62. The first kappa shape index (κ1) is 11.7. The summed E-state index contributed by atoms with van der Waals surface area (Å²) >= 11 is 0. The standard InChI is InChI=1S/C8H15NO4/c1-9(8(12)13-2)6-4-3-5-7(10)11/h3-6H2,1-2H3,(H,10,11). The minimum Gasteiger partial charge on any atom is -0.481 e. The first-order valence-corrected chi connectivity index (χ1v) is 4.08. The van der Waals surface area contributed by atoms with E-state index in [0.29, 0.717) is 19.4 Å². The molecule has 1 N–H and O–H groups in total. The number of aliphatic carboxylic acids is 1. The van der Waals surface area contributed by atoms with Gasteiger partial charge in [0.25, 0.3) is 0 Å². The molecule has 0 aromatic carbocycles. The molecular weight excluding hydrogens is 174 g/mol. The van der Waals surface area contributed by atoms with E-state index >= 15 is 0 Å². The Kier molecular flexibility index (Phi) is 5.67. The number of ether oxygens (including phenoxy) is 1. The van der Waals surface area contributed by atoms with Crippen LogP contribution in [0.2, 0.25) is 0 Å². The van der Waals surface area contributed by atoms with Crippen LogP contribution in [-0.2, 0) is 9.53 Å². The van der Waals surface area contributed by atoms with Crippen LogP contribution in [0.5, 0.6) is 0 Å². The Balaban J connectivity index is 3.42. The topological polar surface area (TPSA) is 66.8 Å². The van der Waals surface area contributed by atoms with Gasteiger partial charge >= 0.3 is 12.1 Å². The molecule has 13 heavy (non-hydrogen) atoms. The zero-order valence-corrected chi connectivity index (χ0v) is 7.95. The lowest BCUT2D eigenvalue weighted by atomic mass is 10.2. The van der Waals surface area contributed by atoms with Crippen molar-refractivity contribution in [2.75, 3.05) is 20.7 Å². The second-order valence-corrected chi connectivity index (χ2v) is 2.74. The molecule has 0 heterocycles. The Labute approximate surface area is 77.3 Å². The third-order valence-electron chi connectivity index (χ3n) is 1.62. The summed E-state index contributed by atoms with van der Waals surface area (Å²) in [5.41, 5.74) is 0. The summed E-state index contributed by atoms with van der Waals surface area (Å²) in [4.78, 5) is 22.4. The average molecular weight is 189 g/mol. The minimum atomic E-state index is -0.805. The van der Waals surface area contributed by atoms with Gasteiger partial charge in [-0.05, 0) is 12.8 Å². The lowest BCUT2D eigenvalue weighted by molar-refractivity contribution is -0.137. The van der Waals surface area contributed by atoms with Crippen LogP contribution in [0.1, 0.15) is 19.3 Å². The molecule has 5 heteroatoms. The Morgan fingerprint density at radius 3 is 2.46 bits per heavy atom. The summed E-state index contributed by atoms with van der Waals surface area (Å²) in [7, 11) is 2.93. The summed E-state index contributed by atoms with van der Waals surface area (Å²) in [6.45, 7) is 0.528. The highest BCUT2D eigenvalue weighted by atomic mass is 16.5. The van der Waals surface area contributed by atoms with Gasteiger partial charge in [0, 0.05) is 20.0 Å². The van der Waals surface area contributed by atoms with E-state index in [1.807, 2.05) is 0 Å². The van der Waals surface area contributed by atoms with Crippen molar-refractivity contribution in [2.24, 2.45) is 0 Å². The predicted molar refractivity (Wildman–Crippen MR) is 46.5 cm³/mol. The summed E-state index contributed by atoms with van der Waals surface area (Å²) in [5.74, 6) is -0.805. The van der Waals surface area contributed by atoms with Crippen molar-refractivity contribution >= 4 is 12.1 Å². The maximum absolute atomic E-state index is 10.8. The number of carboxylic acids is 1. The molecule has 0 fully saturated rings. The van der Waals surface area contributed by atoms with Crippen molar-refractivity contribution in [3.63, 3.8) is 0 Å². The molecule has 0 saturated heterocycles. The molecule has 0 aromatic rings. The minimum absolute atomic E-state index is 0.148. The van der Waals surface area contributed by atoms with Crippen LogP contribution in [0.3, 0.4) is 0 Å². The Morgan fingerprint density at radius 1 is 1.38 bits per heavy atom. The molecule has 0 saturated carbocycles. The molecule has 0 aromatic heterocycles. The number of unbranched alkanes of at least 4 members (excludes halogenated alkanes) is 1. The van der Waals surface area contributed by atoms with E-state index in [4.69, 9.17) is 5.11 Å². The van der Waals surface area contributed by atoms with Crippen LogP contribution in [0.4, 0.5) is 4.79 Å². The van der Waals surface area contributed by atoms with E-state index in [1.165, 1.54) is 12.0 Å². The molecule has 0 atom stereocenters. The summed E-state index contributed by atoms with van der Waals surface area (Å²) in [6, 6.07) is 0. The number of hydrogen-bond donors (Lipinski definition) is 1. The second kappa shape index (κ2) is 6.28. The number of methoxy groups -OCH3 is 1. The Morgan fingerprint density at radius 2 is 2.00 bits per heavy atom. The van der Waals surface area contributed by atoms with Gasteiger partial charge in [0.2, 0.25) is 0 Å². The van der Waals surface area contributed by atoms with E-state index in [1.54, 1.807) is 7.05 Å². The summed E-state index contributed by atoms with van der Waals surface area (Å²) in [6.07, 6.45) is 1.01. The number of amides is 1. The average Bonchev–Trinajstić information content (AvgIpc) is 2.10. The molecule has 76 valence electrons. The predicted octanol–water partition coefficient (Wildman–Crippen LogP) is 0.940. The maximum Gasteiger partial charge on any atom is 0.409 e. The van der Waals surface area contributed by atoms with Crippen molar-refractivity contribution in [3.8, 4) is 0 Å². The fourth-order valence-corrected chi connectivity index (χ4v) is 0.872. The van der Waals surface area contributed by atoms with Gasteiger partial charge in [-0.2, -0.15) is 0 Å². The number of carbonyl (C=O) groups excluding carboxylic acids is 1. The van der Waals surface area contributed by atoms with Gasteiger partial charge in [0.1, 0.15) is 0 Å². The molecule has 0 spiro atoms. The number of nitrogens with zero attached hydrogens (tertiary/aromatic N) is 1. The van der Waals surface area contributed by atoms with Gasteiger partial charge in [-0.25, -0.2) is 4.79 Å². The summed E-state index contributed by atoms with van der Waals surface area (Å²) < 4.78 is 4.46. The van der Waals surface area contributed by atoms with Gasteiger partial charge in [-0.3, -0.25) is 4.79 Å². The van der Waals surface area contributed by atoms with Crippen molar-refractivity contribution in [2.45, 2.75) is 19.3 Å². The molecule has 0 aliphatic rings. The monoisotopic (exact) mass is 189 g/mol. The second-order valence-electron chi connectivity index (χ2n) is 2.74. The third kappa shape index (κ3) is 5.95. The number of hydrogen-bond acceptors (Lipinski definition) is 3. The van der Waals surface area contributed by atoms with Crippen molar-refractivity contribution in [1.29, 1.82) is 0 Å². The zero-order chi connectivity index (χ0) is 10.3. The smallest absolute Gasteiger partial charge is 0.409 e. The molecule has 0 unspecified atom stereocenters. The first-order valence-electron chi connectivity index (χ1n) is 4.08. The van der Waals surface area contributed by atoms with Gasteiger partial charge in [0.05, 0.1) is 7.11 Å². The van der Waals surface area contributed by atoms with Gasteiger partial charge < -0.3 is 14.7 Å². The van der Waals surface area contributed by atoms with E-state index < -0.39 is 12.1 Å². The molecule has 0 bridgehead atoms. The molecule has 0 aliphatic heterocycles. The van der Waals surface area contributed by atoms with Crippen LogP contribution in [0.25, 0.3) is 0 Å². The summed E-state index contributed by atoms with van der Waals surface area (Å²) in [5, 5.41) is 8.33. The van der Waals surface area contributed by atoms with E-state index in [2.05, 4.69) is 4.74 Å². The van der Waals surface area contributed by atoms with Crippen LogP contribution in [-0.4, -0.2) is 42.8 Å². The lowest BCUT2D eigenvalue weighted by Crippen LogP contribution is -2.27. The fourth-order valence-electron chi connectivity index (χ4n) is 0.872. The van der Waals surface area contributed by atoms with E-state index in [-0.39, 0.29) is 6.42 Å². The lowest BCUT2D eigenvalue weighted by Gasteiger charge is -2.14. The quantitative estimate of drug-likeness (QED) is 0.653. The molecule has 0 rings (SSSR count). The van der Waals surface area contributed by atoms with Crippen LogP contribution in [0.15, 0.2) is 0 Å². The maximum atomic E-state index is 10.8. The number of rotatable bonds is 5. The normalized spacial score (nSPS) is 9.38. The number of carboxylic acid groups (broad SMARTS) is 1. The SMILES string of the molecule is COC(=O)N(C)CCCCC(=O)O. The van der Waals surface area contributed by atoms with Gasteiger partial charge in [-0.15, -0.1) is 0 Å². The fraction of sp³-hybridized carbons (Fsp3) is 0.750. The molecular formula is C8H15NO4. The van der Waals surface area contributed by atoms with Crippen LogP contribution >= 0.6 is 0 Å². The highest BCUT2D eigenvalue weighted by Crippen LogP contribution is 1.98. The Hall–Kier alpha value is -1.26. The largest absolute Gasteiger partial charge is 0.481 e. The van der Waals surface area contributed by atoms with Crippen molar-refractivity contribution in [1.82, 2.24) is 4.90 Å². The van der Waals surface area contributed by atoms with Gasteiger partial charge in [0.15, 0.2) is 0 Å². The molecule has 1 amide bonds. The highest BCUT2D eigenvalue weighted by Gasteiger charge is 2.06. The molecule has 0 aliphatic carbocycles. The first-order chi connectivity index (χ1) is 6.07. The van der Waals surface area contributed by atoms with E-state index in [9.17, 15) is 9.59 Å². The highest BCUT2D eigenvalue weighted by molar-refractivity contribution is 5.67. The van der Waals surface area contributed by atoms with E-state index in [0.717, 1.165) is 0 Å². The van der Waals surface area contributed by atoms with Crippen LogP contribution < -0.4 is 0 Å². The van der Waals surface area contributed by atoms with Gasteiger partial charge in [-0.1, -0.05) is 0 Å². The van der Waals surface area contributed by atoms with Crippen molar-refractivity contribution in [3.05, 3.63) is 0 Å². The number of carbonyl (C=O) groups is 2.